The summed E-state index contributed by atoms with van der Waals surface area (Å²) in [5.41, 5.74) is 2.10. The number of unbranched alkanes of at least 4 members (excludes halogenated alkanes) is 1. The average Bonchev–Trinajstić information content (AvgIpc) is 2.54. The molecule has 2 aromatic rings. The highest BCUT2D eigenvalue weighted by atomic mass is 79.9. The molecule has 0 atom stereocenters. The van der Waals surface area contributed by atoms with Crippen molar-refractivity contribution < 1.29 is 4.79 Å². The third-order valence-electron chi connectivity index (χ3n) is 3.31. The van der Waals surface area contributed by atoms with Gasteiger partial charge in [0.05, 0.1) is 11.4 Å². The van der Waals surface area contributed by atoms with Gasteiger partial charge in [0.15, 0.2) is 0 Å². The van der Waals surface area contributed by atoms with E-state index in [2.05, 4.69) is 40.3 Å². The Labute approximate surface area is 155 Å². The molecule has 2 aromatic carbocycles. The lowest BCUT2D eigenvalue weighted by molar-refractivity contribution is -0.113. The highest BCUT2D eigenvalue weighted by Crippen LogP contribution is 2.25. The zero-order valence-electron chi connectivity index (χ0n) is 12.9. The normalized spacial score (nSPS) is 10.6. The van der Waals surface area contributed by atoms with Gasteiger partial charge in [0.25, 0.3) is 0 Å². The highest BCUT2D eigenvalue weighted by Gasteiger charge is 2.07. The lowest BCUT2D eigenvalue weighted by Crippen LogP contribution is -2.14. The molecule has 1 amide bonds. The molecule has 122 valence electrons. The minimum Gasteiger partial charge on any atom is -0.324 e. The Bertz CT molecular complexity index is 661. The molecule has 2 nitrogen and oxygen atoms in total. The number of hydrogen-bond acceptors (Lipinski definition) is 2. The van der Waals surface area contributed by atoms with Crippen molar-refractivity contribution in [3.63, 3.8) is 0 Å². The third kappa shape index (κ3) is 6.21. The van der Waals surface area contributed by atoms with Crippen LogP contribution in [-0.2, 0) is 11.2 Å². The number of thioether (sulfide) groups is 1. The van der Waals surface area contributed by atoms with E-state index in [0.29, 0.717) is 10.8 Å². The molecule has 0 aromatic heterocycles. The van der Waals surface area contributed by atoms with Crippen LogP contribution in [0.4, 0.5) is 5.69 Å². The molecule has 0 unspecified atom stereocenters. The Hall–Kier alpha value is -0.970. The minimum atomic E-state index is -0.0213. The fraction of sp³-hybridized carbons (Fsp3) is 0.278. The summed E-state index contributed by atoms with van der Waals surface area (Å²) in [5, 5.41) is 3.64. The summed E-state index contributed by atoms with van der Waals surface area (Å²) in [4.78, 5) is 13.1. The summed E-state index contributed by atoms with van der Waals surface area (Å²) in [5.74, 6) is 0.345. The monoisotopic (exact) mass is 411 g/mol. The molecular weight excluding hydrogens is 394 g/mol. The molecule has 23 heavy (non-hydrogen) atoms. The van der Waals surface area contributed by atoms with E-state index in [1.54, 1.807) is 0 Å². The molecule has 0 bridgehead atoms. The number of carbonyl (C=O) groups is 1. The molecule has 0 fully saturated rings. The van der Waals surface area contributed by atoms with Gasteiger partial charge in [0, 0.05) is 14.4 Å². The smallest absolute Gasteiger partial charge is 0.234 e. The molecule has 0 saturated carbocycles. The van der Waals surface area contributed by atoms with E-state index in [1.807, 2.05) is 30.3 Å². The first-order valence-corrected chi connectivity index (χ1v) is 9.71. The largest absolute Gasteiger partial charge is 0.324 e. The summed E-state index contributed by atoms with van der Waals surface area (Å²) >= 11 is 10.9. The lowest BCUT2D eigenvalue weighted by Gasteiger charge is -2.09. The summed E-state index contributed by atoms with van der Waals surface area (Å²) < 4.78 is 0.927. The Morgan fingerprint density at radius 1 is 1.22 bits per heavy atom. The predicted octanol–water partition coefficient (Wildman–Crippen LogP) is 6.18. The van der Waals surface area contributed by atoms with Gasteiger partial charge in [-0.15, -0.1) is 11.8 Å². The molecule has 0 saturated heterocycles. The zero-order valence-corrected chi connectivity index (χ0v) is 16.1. The van der Waals surface area contributed by atoms with E-state index in [9.17, 15) is 4.79 Å². The van der Waals surface area contributed by atoms with Crippen LogP contribution >= 0.6 is 39.3 Å². The van der Waals surface area contributed by atoms with Crippen LogP contribution < -0.4 is 5.32 Å². The number of amides is 1. The van der Waals surface area contributed by atoms with Crippen LogP contribution in [0.25, 0.3) is 0 Å². The van der Waals surface area contributed by atoms with E-state index in [0.717, 1.165) is 21.5 Å². The Morgan fingerprint density at radius 2 is 1.96 bits per heavy atom. The summed E-state index contributed by atoms with van der Waals surface area (Å²) in [7, 11) is 0. The van der Waals surface area contributed by atoms with Crippen LogP contribution in [0.2, 0.25) is 5.02 Å². The van der Waals surface area contributed by atoms with E-state index in [4.69, 9.17) is 11.6 Å². The van der Waals surface area contributed by atoms with Crippen LogP contribution in [0.15, 0.2) is 51.8 Å². The topological polar surface area (TPSA) is 29.1 Å². The number of rotatable bonds is 7. The molecule has 0 radical (unpaired) electrons. The molecule has 1 N–H and O–H groups in total. The molecule has 0 spiro atoms. The molecule has 0 aliphatic carbocycles. The summed E-state index contributed by atoms with van der Waals surface area (Å²) in [6.07, 6.45) is 3.42. The van der Waals surface area contributed by atoms with Crippen LogP contribution in [-0.4, -0.2) is 11.7 Å². The zero-order chi connectivity index (χ0) is 16.7. The second-order valence-electron chi connectivity index (χ2n) is 5.21. The number of nitrogens with one attached hydrogen (secondary N) is 1. The quantitative estimate of drug-likeness (QED) is 0.550. The summed E-state index contributed by atoms with van der Waals surface area (Å²) in [6, 6.07) is 13.6. The fourth-order valence-corrected chi connectivity index (χ4v) is 3.41. The maximum absolute atomic E-state index is 12.1. The number of halogens is 2. The van der Waals surface area contributed by atoms with Crippen molar-refractivity contribution in [2.24, 2.45) is 0 Å². The number of anilines is 1. The predicted molar refractivity (Wildman–Crippen MR) is 104 cm³/mol. The first-order chi connectivity index (χ1) is 11.1. The first kappa shape index (κ1) is 18.4. The van der Waals surface area contributed by atoms with Gasteiger partial charge in [-0.3, -0.25) is 4.79 Å². The third-order valence-corrected chi connectivity index (χ3v) is 5.23. The molecule has 5 heteroatoms. The molecule has 0 aliphatic heterocycles. The van der Waals surface area contributed by atoms with E-state index < -0.39 is 0 Å². The van der Waals surface area contributed by atoms with Crippen molar-refractivity contribution in [1.82, 2.24) is 0 Å². The van der Waals surface area contributed by atoms with Gasteiger partial charge < -0.3 is 5.32 Å². The van der Waals surface area contributed by atoms with Crippen molar-refractivity contribution in [3.8, 4) is 0 Å². The van der Waals surface area contributed by atoms with Crippen molar-refractivity contribution >= 4 is 50.9 Å². The lowest BCUT2D eigenvalue weighted by atomic mass is 10.1. The van der Waals surface area contributed by atoms with Crippen molar-refractivity contribution in [2.75, 3.05) is 11.1 Å². The van der Waals surface area contributed by atoms with Crippen LogP contribution in [0, 0.1) is 0 Å². The van der Waals surface area contributed by atoms with Crippen LogP contribution in [0.5, 0.6) is 0 Å². The number of aryl methyl sites for hydroxylation is 1. The fourth-order valence-electron chi connectivity index (χ4n) is 2.06. The molecule has 2 rings (SSSR count). The minimum absolute atomic E-state index is 0.0213. The van der Waals surface area contributed by atoms with Gasteiger partial charge in [0.2, 0.25) is 5.91 Å². The van der Waals surface area contributed by atoms with Gasteiger partial charge >= 0.3 is 0 Å². The summed E-state index contributed by atoms with van der Waals surface area (Å²) in [6.45, 7) is 2.18. The van der Waals surface area contributed by atoms with Crippen molar-refractivity contribution in [2.45, 2.75) is 31.1 Å². The van der Waals surface area contributed by atoms with Gasteiger partial charge in [-0.2, -0.15) is 0 Å². The molecule has 0 heterocycles. The number of hydrogen-bond donors (Lipinski definition) is 1. The SMILES string of the molecule is CCCCc1ccc(NC(=O)CSc2ccc(Cl)cc2)c(Br)c1. The van der Waals surface area contributed by atoms with Gasteiger partial charge in [-0.05, 0) is 70.7 Å². The van der Waals surface area contributed by atoms with E-state index in [1.165, 1.54) is 30.2 Å². The van der Waals surface area contributed by atoms with E-state index in [-0.39, 0.29) is 5.91 Å². The van der Waals surface area contributed by atoms with Crippen LogP contribution in [0.3, 0.4) is 0 Å². The number of carbonyl (C=O) groups excluding carboxylic acids is 1. The van der Waals surface area contributed by atoms with Gasteiger partial charge in [-0.25, -0.2) is 0 Å². The average molecular weight is 413 g/mol. The maximum atomic E-state index is 12.1. The Morgan fingerprint density at radius 3 is 2.61 bits per heavy atom. The van der Waals surface area contributed by atoms with Crippen molar-refractivity contribution in [1.29, 1.82) is 0 Å². The standard InChI is InChI=1S/C18H19BrClNOS/c1-2-3-4-13-5-10-17(16(19)11-13)21-18(22)12-23-15-8-6-14(20)7-9-15/h5-11H,2-4,12H2,1H3,(H,21,22). The van der Waals surface area contributed by atoms with Crippen molar-refractivity contribution in [3.05, 3.63) is 57.5 Å². The second kappa shape index (κ2) is 9.36. The van der Waals surface area contributed by atoms with Gasteiger partial charge in [0.1, 0.15) is 0 Å². The first-order valence-electron chi connectivity index (χ1n) is 7.55. The molecular formula is C18H19BrClNOS. The Balaban J connectivity index is 1.88. The van der Waals surface area contributed by atoms with E-state index >= 15 is 0 Å². The van der Waals surface area contributed by atoms with Crippen LogP contribution in [0.1, 0.15) is 25.3 Å². The highest BCUT2D eigenvalue weighted by molar-refractivity contribution is 9.10. The second-order valence-corrected chi connectivity index (χ2v) is 7.55. The maximum Gasteiger partial charge on any atom is 0.234 e. The van der Waals surface area contributed by atoms with Gasteiger partial charge in [-0.1, -0.05) is 31.0 Å². The molecule has 0 aliphatic rings. The number of benzene rings is 2. The Kier molecular flexibility index (Phi) is 7.47.